The molecule has 0 spiro atoms. The average Bonchev–Trinajstić information content (AvgIpc) is 2.44. The second-order valence-electron chi connectivity index (χ2n) is 4.58. The van der Waals surface area contributed by atoms with E-state index in [-0.39, 0.29) is 10.9 Å². The Morgan fingerprint density at radius 2 is 1.81 bits per heavy atom. The van der Waals surface area contributed by atoms with E-state index < -0.39 is 6.29 Å². The van der Waals surface area contributed by atoms with Gasteiger partial charge < -0.3 is 9.84 Å². The summed E-state index contributed by atoms with van der Waals surface area (Å²) < 4.78 is 5.57. The van der Waals surface area contributed by atoms with Gasteiger partial charge >= 0.3 is 0 Å². The smallest absolute Gasteiger partial charge is 0.168 e. The van der Waals surface area contributed by atoms with Gasteiger partial charge in [-0.15, -0.1) is 0 Å². The lowest BCUT2D eigenvalue weighted by atomic mass is 9.94. The summed E-state index contributed by atoms with van der Waals surface area (Å²) in [5, 5.41) is 9.60. The lowest BCUT2D eigenvalue weighted by molar-refractivity contribution is -0.0889. The van der Waals surface area contributed by atoms with Crippen molar-refractivity contribution >= 4 is 15.9 Å². The molecule has 1 aliphatic rings. The fourth-order valence-corrected chi connectivity index (χ4v) is 2.98. The highest BCUT2D eigenvalue weighted by Crippen LogP contribution is 2.38. The van der Waals surface area contributed by atoms with Crippen LogP contribution in [0.25, 0.3) is 0 Å². The second kappa shape index (κ2) is 4.47. The summed E-state index contributed by atoms with van der Waals surface area (Å²) in [5.41, 5.74) is 4.99. The number of ether oxygens (including phenoxy) is 1. The van der Waals surface area contributed by atoms with Crippen molar-refractivity contribution in [2.45, 2.75) is 44.4 Å². The van der Waals surface area contributed by atoms with Crippen molar-refractivity contribution in [1.29, 1.82) is 0 Å². The molecular weight excluding hydrogens is 268 g/mol. The number of aliphatic hydroxyl groups excluding tert-OH is 1. The first kappa shape index (κ1) is 12.1. The summed E-state index contributed by atoms with van der Waals surface area (Å²) in [4.78, 5) is 0.0394. The number of hydrogen-bond donors (Lipinski definition) is 1. The van der Waals surface area contributed by atoms with Crippen LogP contribution >= 0.6 is 15.9 Å². The largest absolute Gasteiger partial charge is 0.367 e. The van der Waals surface area contributed by atoms with Crippen LogP contribution in [0.3, 0.4) is 0 Å². The molecule has 0 radical (unpaired) electrons. The Morgan fingerprint density at radius 1 is 1.25 bits per heavy atom. The first-order chi connectivity index (χ1) is 7.49. The van der Waals surface area contributed by atoms with Gasteiger partial charge in [-0.25, -0.2) is 0 Å². The average molecular weight is 285 g/mol. The molecule has 1 saturated heterocycles. The van der Waals surface area contributed by atoms with E-state index in [0.29, 0.717) is 0 Å². The van der Waals surface area contributed by atoms with Gasteiger partial charge in [0.25, 0.3) is 0 Å². The lowest BCUT2D eigenvalue weighted by Gasteiger charge is -2.17. The third kappa shape index (κ3) is 2.17. The molecule has 1 heterocycles. The van der Waals surface area contributed by atoms with Crippen molar-refractivity contribution in [3.05, 3.63) is 34.4 Å². The third-order valence-electron chi connectivity index (χ3n) is 3.11. The molecule has 16 heavy (non-hydrogen) atoms. The Balaban J connectivity index is 2.35. The molecule has 0 unspecified atom stereocenters. The van der Waals surface area contributed by atoms with E-state index in [4.69, 9.17) is 4.74 Å². The second-order valence-corrected chi connectivity index (χ2v) is 5.76. The van der Waals surface area contributed by atoms with Crippen LogP contribution in [0.1, 0.15) is 34.8 Å². The zero-order valence-electron chi connectivity index (χ0n) is 9.83. The van der Waals surface area contributed by atoms with Gasteiger partial charge in [0.05, 0.1) is 10.9 Å². The van der Waals surface area contributed by atoms with E-state index in [9.17, 15) is 5.11 Å². The van der Waals surface area contributed by atoms with Gasteiger partial charge in [0.2, 0.25) is 0 Å². The van der Waals surface area contributed by atoms with Crippen molar-refractivity contribution in [2.24, 2.45) is 0 Å². The van der Waals surface area contributed by atoms with Crippen LogP contribution in [0.4, 0.5) is 0 Å². The van der Waals surface area contributed by atoms with Crippen LogP contribution in [-0.4, -0.2) is 16.2 Å². The van der Waals surface area contributed by atoms with Crippen molar-refractivity contribution in [2.75, 3.05) is 0 Å². The SMILES string of the molecule is Cc1cc(C)c([C@H]2C[C@H](Br)[C@@H](O)O2)c(C)c1. The minimum atomic E-state index is -0.690. The molecule has 1 N–H and O–H groups in total. The number of halogens is 1. The summed E-state index contributed by atoms with van der Waals surface area (Å²) in [6, 6.07) is 4.33. The number of aliphatic hydroxyl groups is 1. The topological polar surface area (TPSA) is 29.5 Å². The third-order valence-corrected chi connectivity index (χ3v) is 3.94. The summed E-state index contributed by atoms with van der Waals surface area (Å²) >= 11 is 3.43. The Bertz CT molecular complexity index is 370. The molecule has 1 aromatic rings. The van der Waals surface area contributed by atoms with Crippen LogP contribution in [-0.2, 0) is 4.74 Å². The van der Waals surface area contributed by atoms with E-state index >= 15 is 0 Å². The Morgan fingerprint density at radius 3 is 2.25 bits per heavy atom. The van der Waals surface area contributed by atoms with Crippen LogP contribution in [0.5, 0.6) is 0 Å². The minimum absolute atomic E-state index is 0.0139. The predicted octanol–water partition coefficient (Wildman–Crippen LogP) is 3.16. The summed E-state index contributed by atoms with van der Waals surface area (Å²) in [6.45, 7) is 6.31. The van der Waals surface area contributed by atoms with Crippen LogP contribution in [0.15, 0.2) is 12.1 Å². The molecule has 2 rings (SSSR count). The van der Waals surface area contributed by atoms with Crippen molar-refractivity contribution < 1.29 is 9.84 Å². The molecule has 0 aromatic heterocycles. The van der Waals surface area contributed by atoms with Crippen molar-refractivity contribution in [3.8, 4) is 0 Å². The van der Waals surface area contributed by atoms with Crippen LogP contribution in [0.2, 0.25) is 0 Å². The van der Waals surface area contributed by atoms with Crippen molar-refractivity contribution in [3.63, 3.8) is 0 Å². The monoisotopic (exact) mass is 284 g/mol. The molecule has 1 aromatic carbocycles. The standard InChI is InChI=1S/C13H17BrO2/c1-7-4-8(2)12(9(3)5-7)11-6-10(14)13(15)16-11/h4-5,10-11,13,15H,6H2,1-3H3/t10-,11+,13-/m0/s1. The van der Waals surface area contributed by atoms with E-state index in [0.717, 1.165) is 6.42 Å². The quantitative estimate of drug-likeness (QED) is 0.803. The van der Waals surface area contributed by atoms with E-state index in [1.165, 1.54) is 22.3 Å². The van der Waals surface area contributed by atoms with E-state index in [1.54, 1.807) is 0 Å². The molecule has 2 nitrogen and oxygen atoms in total. The summed E-state index contributed by atoms with van der Waals surface area (Å²) in [7, 11) is 0. The number of benzene rings is 1. The molecule has 3 atom stereocenters. The molecule has 0 aliphatic carbocycles. The zero-order valence-corrected chi connectivity index (χ0v) is 11.4. The summed E-state index contributed by atoms with van der Waals surface area (Å²) in [5.74, 6) is 0. The van der Waals surface area contributed by atoms with E-state index in [2.05, 4.69) is 48.8 Å². The number of alkyl halides is 1. The lowest BCUT2D eigenvalue weighted by Crippen LogP contribution is -2.13. The van der Waals surface area contributed by atoms with Gasteiger partial charge in [0, 0.05) is 0 Å². The molecule has 1 fully saturated rings. The summed E-state index contributed by atoms with van der Waals surface area (Å²) in [6.07, 6.45) is 0.149. The normalized spacial score (nSPS) is 29.7. The highest BCUT2D eigenvalue weighted by atomic mass is 79.9. The maximum Gasteiger partial charge on any atom is 0.168 e. The highest BCUT2D eigenvalue weighted by Gasteiger charge is 2.34. The highest BCUT2D eigenvalue weighted by molar-refractivity contribution is 9.09. The fraction of sp³-hybridized carbons (Fsp3) is 0.538. The zero-order chi connectivity index (χ0) is 11.9. The van der Waals surface area contributed by atoms with Gasteiger partial charge in [-0.1, -0.05) is 33.6 Å². The Kier molecular flexibility index (Phi) is 3.38. The predicted molar refractivity (Wildman–Crippen MR) is 67.8 cm³/mol. The maximum atomic E-state index is 9.60. The van der Waals surface area contributed by atoms with Crippen molar-refractivity contribution in [1.82, 2.24) is 0 Å². The fourth-order valence-electron chi connectivity index (χ4n) is 2.51. The van der Waals surface area contributed by atoms with Gasteiger partial charge in [0.15, 0.2) is 6.29 Å². The first-order valence-corrected chi connectivity index (χ1v) is 6.46. The molecule has 3 heteroatoms. The van der Waals surface area contributed by atoms with Crippen LogP contribution in [0, 0.1) is 20.8 Å². The first-order valence-electron chi connectivity index (χ1n) is 5.54. The molecule has 1 aliphatic heterocycles. The molecule has 0 amide bonds. The van der Waals surface area contributed by atoms with Gasteiger partial charge in [-0.2, -0.15) is 0 Å². The van der Waals surface area contributed by atoms with Gasteiger partial charge in [-0.05, 0) is 43.9 Å². The van der Waals surface area contributed by atoms with Gasteiger partial charge in [-0.3, -0.25) is 0 Å². The Hall–Kier alpha value is -0.380. The molecule has 0 saturated carbocycles. The van der Waals surface area contributed by atoms with Gasteiger partial charge in [0.1, 0.15) is 0 Å². The molecule has 88 valence electrons. The minimum Gasteiger partial charge on any atom is -0.367 e. The molecule has 0 bridgehead atoms. The van der Waals surface area contributed by atoms with Crippen LogP contribution < -0.4 is 0 Å². The maximum absolute atomic E-state index is 9.60. The number of rotatable bonds is 1. The molecular formula is C13H17BrO2. The van der Waals surface area contributed by atoms with E-state index in [1.807, 2.05) is 0 Å². The number of aryl methyl sites for hydroxylation is 3. The Labute approximate surface area is 105 Å². The number of hydrogen-bond acceptors (Lipinski definition) is 2.